The lowest BCUT2D eigenvalue weighted by Crippen LogP contribution is -2.51. The van der Waals surface area contributed by atoms with Crippen molar-refractivity contribution >= 4 is 38.9 Å². The summed E-state index contributed by atoms with van der Waals surface area (Å²) in [4.78, 5) is 14.5. The summed E-state index contributed by atoms with van der Waals surface area (Å²) in [5.41, 5.74) is 4.94. The van der Waals surface area contributed by atoms with Gasteiger partial charge in [-0.25, -0.2) is 18.1 Å². The molecule has 3 aliphatic carbocycles. The molecule has 1 aliphatic heterocycles. The molecule has 10 heteroatoms. The molecule has 3 N–H and O–H groups in total. The molecule has 3 unspecified atom stereocenters. The fraction of sp³-hybridized carbons (Fsp3) is 0.500. The van der Waals surface area contributed by atoms with Crippen LogP contribution >= 0.6 is 0 Å². The third kappa shape index (κ3) is 6.11. The maximum atomic E-state index is 12.1. The molecule has 1 saturated heterocycles. The summed E-state index contributed by atoms with van der Waals surface area (Å²) in [6.45, 7) is 6.79. The van der Waals surface area contributed by atoms with Gasteiger partial charge in [0, 0.05) is 67.6 Å². The van der Waals surface area contributed by atoms with Crippen molar-refractivity contribution in [1.82, 2.24) is 19.6 Å². The van der Waals surface area contributed by atoms with Gasteiger partial charge in [0.1, 0.15) is 5.82 Å². The number of hydrogen-bond acceptors (Lipinski definition) is 8. The number of hydrogen-bond donors (Lipinski definition) is 3. The van der Waals surface area contributed by atoms with E-state index in [1.54, 1.807) is 0 Å². The number of nitrogens with one attached hydrogen (secondary N) is 3. The lowest BCUT2D eigenvalue weighted by molar-refractivity contribution is 0.135. The van der Waals surface area contributed by atoms with E-state index in [0.29, 0.717) is 12.5 Å². The summed E-state index contributed by atoms with van der Waals surface area (Å²) in [6, 6.07) is 17.1. The highest BCUT2D eigenvalue weighted by Gasteiger charge is 2.42. The Morgan fingerprint density at radius 3 is 2.24 bits per heavy atom. The van der Waals surface area contributed by atoms with Gasteiger partial charge in [-0.05, 0) is 92.8 Å². The van der Waals surface area contributed by atoms with Crippen LogP contribution in [0.25, 0.3) is 0 Å². The highest BCUT2D eigenvalue weighted by Crippen LogP contribution is 2.46. The molecular formula is C32H41N7O2S. The molecule has 3 saturated carbocycles. The van der Waals surface area contributed by atoms with Gasteiger partial charge in [-0.15, -0.1) is 0 Å². The quantitative estimate of drug-likeness (QED) is 0.299. The number of piperazine rings is 1. The number of aromatic nitrogens is 2. The van der Waals surface area contributed by atoms with E-state index in [1.165, 1.54) is 44.5 Å². The van der Waals surface area contributed by atoms with Crippen molar-refractivity contribution < 1.29 is 8.42 Å². The number of sulfonamides is 1. The van der Waals surface area contributed by atoms with Crippen molar-refractivity contribution in [2.45, 2.75) is 63.3 Å². The van der Waals surface area contributed by atoms with Gasteiger partial charge in [0.2, 0.25) is 16.0 Å². The van der Waals surface area contributed by atoms with Crippen molar-refractivity contribution in [1.29, 1.82) is 0 Å². The first-order valence-corrected chi connectivity index (χ1v) is 17.0. The minimum absolute atomic E-state index is 0.211. The van der Waals surface area contributed by atoms with Crippen molar-refractivity contribution in [2.24, 2.45) is 11.8 Å². The first-order chi connectivity index (χ1) is 20.4. The Balaban J connectivity index is 0.927. The minimum Gasteiger partial charge on any atom is -0.369 e. The molecule has 9 nitrogen and oxygen atoms in total. The Kier molecular flexibility index (Phi) is 7.54. The fourth-order valence-electron chi connectivity index (χ4n) is 7.01. The summed E-state index contributed by atoms with van der Waals surface area (Å²) in [5, 5.41) is 6.51. The molecule has 0 amide bonds. The van der Waals surface area contributed by atoms with Crippen molar-refractivity contribution in [2.75, 3.05) is 41.7 Å². The summed E-state index contributed by atoms with van der Waals surface area (Å²) in [5.74, 6) is 3.21. The van der Waals surface area contributed by atoms with Crippen LogP contribution in [0.4, 0.5) is 28.8 Å². The third-order valence-electron chi connectivity index (χ3n) is 9.60. The molecule has 2 aromatic carbocycles. The lowest BCUT2D eigenvalue weighted by Gasteiger charge is -2.41. The summed E-state index contributed by atoms with van der Waals surface area (Å²) < 4.78 is 26.9. The van der Waals surface area contributed by atoms with Crippen LogP contribution in [0.15, 0.2) is 54.7 Å². The maximum Gasteiger partial charge on any atom is 0.229 e. The monoisotopic (exact) mass is 587 g/mol. The van der Waals surface area contributed by atoms with Gasteiger partial charge in [-0.3, -0.25) is 4.90 Å². The molecule has 42 heavy (non-hydrogen) atoms. The predicted molar refractivity (Wildman–Crippen MR) is 168 cm³/mol. The first kappa shape index (κ1) is 27.6. The smallest absolute Gasteiger partial charge is 0.229 e. The first-order valence-electron chi connectivity index (χ1n) is 15.4. The van der Waals surface area contributed by atoms with Crippen LogP contribution in [-0.2, 0) is 16.6 Å². The maximum absolute atomic E-state index is 12.1. The van der Waals surface area contributed by atoms with Crippen LogP contribution in [0.2, 0.25) is 0 Å². The van der Waals surface area contributed by atoms with E-state index in [2.05, 4.69) is 54.4 Å². The van der Waals surface area contributed by atoms with Crippen LogP contribution in [0.1, 0.15) is 49.7 Å². The molecule has 3 atom stereocenters. The third-order valence-corrected chi connectivity index (χ3v) is 11.5. The van der Waals surface area contributed by atoms with E-state index in [0.717, 1.165) is 72.1 Å². The van der Waals surface area contributed by atoms with Crippen LogP contribution in [0.3, 0.4) is 0 Å². The number of anilines is 5. The fourth-order valence-corrected chi connectivity index (χ4v) is 8.37. The number of fused-ring (bicyclic) bond motifs is 2. The largest absolute Gasteiger partial charge is 0.369 e. The summed E-state index contributed by atoms with van der Waals surface area (Å²) in [6.07, 6.45) is 9.16. The van der Waals surface area contributed by atoms with E-state index >= 15 is 0 Å². The number of rotatable bonds is 10. The molecule has 3 aromatic rings. The molecule has 0 spiro atoms. The zero-order valence-electron chi connectivity index (χ0n) is 24.3. The SMILES string of the molecule is Cc1cnc(Nc2ccc(N3CCN(C4CC5CCC4C5)CC3)cc2)nc1Nc1ccc(CNS(=O)(=O)C2CC2)cc1. The summed E-state index contributed by atoms with van der Waals surface area (Å²) >= 11 is 0. The molecular weight excluding hydrogens is 546 g/mol. The Morgan fingerprint density at radius 1 is 0.857 bits per heavy atom. The molecule has 7 rings (SSSR count). The van der Waals surface area contributed by atoms with Gasteiger partial charge >= 0.3 is 0 Å². The van der Waals surface area contributed by atoms with E-state index in [-0.39, 0.29) is 5.25 Å². The standard InChI is InChI=1S/C32H41N7O2S/c1-22-20-33-32(37-31(22)35-26-6-3-23(4-7-26)21-34-42(40,41)29-12-13-29)36-27-8-10-28(11-9-27)38-14-16-39(17-15-38)30-19-24-2-5-25(30)18-24/h3-4,6-11,20,24-25,29-30,34H,2,5,12-19,21H2,1H3,(H2,33,35,36,37). The molecule has 2 bridgehead atoms. The molecule has 0 radical (unpaired) electrons. The number of aryl methyl sites for hydroxylation is 1. The zero-order chi connectivity index (χ0) is 28.7. The van der Waals surface area contributed by atoms with Gasteiger partial charge in [0.15, 0.2) is 0 Å². The lowest BCUT2D eigenvalue weighted by atomic mass is 9.93. The Labute approximate surface area is 249 Å². The molecule has 1 aromatic heterocycles. The van der Waals surface area contributed by atoms with Gasteiger partial charge in [0.25, 0.3) is 0 Å². The van der Waals surface area contributed by atoms with Crippen molar-refractivity contribution in [3.63, 3.8) is 0 Å². The highest BCUT2D eigenvalue weighted by atomic mass is 32.2. The second-order valence-electron chi connectivity index (χ2n) is 12.5. The van der Waals surface area contributed by atoms with Gasteiger partial charge in [-0.1, -0.05) is 18.6 Å². The minimum atomic E-state index is -3.19. The van der Waals surface area contributed by atoms with E-state index in [4.69, 9.17) is 4.98 Å². The molecule has 4 fully saturated rings. The van der Waals surface area contributed by atoms with Gasteiger partial charge in [0.05, 0.1) is 5.25 Å². The summed E-state index contributed by atoms with van der Waals surface area (Å²) in [7, 11) is -3.19. The zero-order valence-corrected chi connectivity index (χ0v) is 25.1. The Hall–Kier alpha value is -3.21. The molecule has 4 aliphatic rings. The van der Waals surface area contributed by atoms with Crippen molar-refractivity contribution in [3.05, 3.63) is 65.9 Å². The van der Waals surface area contributed by atoms with Crippen LogP contribution in [0, 0.1) is 18.8 Å². The Morgan fingerprint density at radius 2 is 1.57 bits per heavy atom. The van der Waals surface area contributed by atoms with Crippen LogP contribution in [-0.4, -0.2) is 60.8 Å². The normalized spacial score (nSPS) is 24.2. The highest BCUT2D eigenvalue weighted by molar-refractivity contribution is 7.90. The predicted octanol–water partition coefficient (Wildman–Crippen LogP) is 5.16. The molecule has 222 valence electrons. The average Bonchev–Trinajstić information content (AvgIpc) is 3.68. The second kappa shape index (κ2) is 11.5. The van der Waals surface area contributed by atoms with Gasteiger partial charge in [-0.2, -0.15) is 4.98 Å². The Bertz CT molecular complexity index is 1500. The number of nitrogens with zero attached hydrogens (tertiary/aromatic N) is 4. The van der Waals surface area contributed by atoms with Crippen molar-refractivity contribution in [3.8, 4) is 0 Å². The average molecular weight is 588 g/mol. The topological polar surface area (TPSA) is 102 Å². The number of benzene rings is 2. The van der Waals surface area contributed by atoms with Crippen LogP contribution in [0.5, 0.6) is 0 Å². The van der Waals surface area contributed by atoms with Crippen LogP contribution < -0.4 is 20.3 Å². The van der Waals surface area contributed by atoms with E-state index < -0.39 is 10.0 Å². The van der Waals surface area contributed by atoms with E-state index in [1.807, 2.05) is 37.4 Å². The second-order valence-corrected chi connectivity index (χ2v) is 14.6. The van der Waals surface area contributed by atoms with E-state index in [9.17, 15) is 8.42 Å². The molecule has 2 heterocycles. The van der Waals surface area contributed by atoms with Gasteiger partial charge < -0.3 is 15.5 Å².